The largest absolute Gasteiger partial charge is 0.483 e. The molecule has 1 amide bonds. The van der Waals surface area contributed by atoms with E-state index in [-0.39, 0.29) is 24.6 Å². The number of hydrogen-bond donors (Lipinski definition) is 3. The number of aliphatic hydroxyl groups is 1. The van der Waals surface area contributed by atoms with Crippen LogP contribution in [0.2, 0.25) is 0 Å². The molecule has 0 aliphatic carbocycles. The topological polar surface area (TPSA) is 143 Å². The first-order valence-corrected chi connectivity index (χ1v) is 10.9. The van der Waals surface area contributed by atoms with Gasteiger partial charge in [-0.3, -0.25) is 14.5 Å². The smallest absolute Gasteiger partial charge is 0.290 e. The van der Waals surface area contributed by atoms with E-state index in [1.54, 1.807) is 17.2 Å². The van der Waals surface area contributed by atoms with Crippen LogP contribution in [0.25, 0.3) is 0 Å². The van der Waals surface area contributed by atoms with Gasteiger partial charge in [0.05, 0.1) is 29.8 Å². The van der Waals surface area contributed by atoms with E-state index in [1.165, 1.54) is 11.3 Å². The predicted octanol–water partition coefficient (Wildman–Crippen LogP) is 0.277. The Kier molecular flexibility index (Phi) is 7.36. The summed E-state index contributed by atoms with van der Waals surface area (Å²) in [6, 6.07) is 0. The van der Waals surface area contributed by atoms with E-state index in [1.807, 2.05) is 18.5 Å². The van der Waals surface area contributed by atoms with Crippen LogP contribution < -0.4 is 5.32 Å². The molecule has 0 radical (unpaired) electrons. The average Bonchev–Trinajstić information content (AvgIpc) is 3.40. The summed E-state index contributed by atoms with van der Waals surface area (Å²) < 4.78 is 8.05. The molecule has 2 aromatic heterocycles. The van der Waals surface area contributed by atoms with Crippen LogP contribution in [0, 0.1) is 0 Å². The number of amides is 1. The van der Waals surface area contributed by atoms with E-state index in [0.717, 1.165) is 38.3 Å². The molecular formula is C19H28N6O5S. The molecule has 2 saturated heterocycles. The van der Waals surface area contributed by atoms with Crippen molar-refractivity contribution in [1.29, 1.82) is 0 Å². The van der Waals surface area contributed by atoms with E-state index < -0.39 is 11.6 Å². The van der Waals surface area contributed by atoms with Crippen molar-refractivity contribution in [2.45, 2.75) is 50.0 Å². The fourth-order valence-corrected chi connectivity index (χ4v) is 4.68. The number of piperidine rings is 1. The van der Waals surface area contributed by atoms with Crippen molar-refractivity contribution >= 4 is 23.7 Å². The molecule has 12 heteroatoms. The van der Waals surface area contributed by atoms with Gasteiger partial charge in [0.1, 0.15) is 23.9 Å². The summed E-state index contributed by atoms with van der Waals surface area (Å²) in [5, 5.41) is 30.3. The maximum Gasteiger partial charge on any atom is 0.290 e. The van der Waals surface area contributed by atoms with Gasteiger partial charge in [0.2, 0.25) is 0 Å². The third-order valence-corrected chi connectivity index (χ3v) is 6.56. The van der Waals surface area contributed by atoms with Crippen LogP contribution >= 0.6 is 11.3 Å². The van der Waals surface area contributed by atoms with Gasteiger partial charge in [-0.1, -0.05) is 0 Å². The maximum absolute atomic E-state index is 12.5. The number of aliphatic hydroxyl groups excluding tert-OH is 1. The Morgan fingerprint density at radius 1 is 1.45 bits per heavy atom. The van der Waals surface area contributed by atoms with Crippen LogP contribution in [0.4, 0.5) is 0 Å². The summed E-state index contributed by atoms with van der Waals surface area (Å²) in [6.07, 6.45) is 3.23. The second-order valence-electron chi connectivity index (χ2n) is 8.17. The molecule has 1 spiro atoms. The predicted molar refractivity (Wildman–Crippen MR) is 111 cm³/mol. The molecule has 0 saturated carbocycles. The number of carbonyl (C=O) groups excluding carboxylic acids is 1. The van der Waals surface area contributed by atoms with Crippen molar-refractivity contribution in [3.05, 3.63) is 28.7 Å². The fourth-order valence-electron chi connectivity index (χ4n) is 4.14. The molecule has 0 aromatic carbocycles. The van der Waals surface area contributed by atoms with E-state index in [4.69, 9.17) is 14.6 Å². The molecule has 4 rings (SSSR count). The zero-order valence-corrected chi connectivity index (χ0v) is 18.4. The Morgan fingerprint density at radius 3 is 2.74 bits per heavy atom. The van der Waals surface area contributed by atoms with Crippen LogP contribution in [0.5, 0.6) is 0 Å². The third kappa shape index (κ3) is 5.45. The van der Waals surface area contributed by atoms with E-state index in [2.05, 4.69) is 25.4 Å². The van der Waals surface area contributed by atoms with Crippen LogP contribution in [0.3, 0.4) is 0 Å². The highest BCUT2D eigenvalue weighted by Crippen LogP contribution is 2.40. The molecule has 170 valence electrons. The highest BCUT2D eigenvalue weighted by Gasteiger charge is 2.50. The SMILES string of the molecule is Cn1cnnc1CN1CCC2(CC1)C[C@@](C)(NC(=O)c1cscn1)[C@H](O)CO2.O=CO. The Morgan fingerprint density at radius 2 is 2.16 bits per heavy atom. The number of carbonyl (C=O) groups is 2. The molecule has 4 heterocycles. The number of likely N-dealkylation sites (tertiary alicyclic amines) is 1. The minimum absolute atomic E-state index is 0.219. The standard InChI is InChI=1S/C18H26N6O3S.CH2O2/c1-17(21-16(26)13-9-28-12-19-13)10-18(27-8-14(17)25)3-5-24(6-4-18)7-15-22-20-11-23(15)2;2-1-3/h9,11-12,14,25H,3-8,10H2,1-2H3,(H,21,26);1H,(H,2,3)/t14-,17-;/m1./s1. The molecule has 2 aliphatic rings. The highest BCUT2D eigenvalue weighted by molar-refractivity contribution is 7.07. The van der Waals surface area contributed by atoms with Crippen molar-refractivity contribution in [2.75, 3.05) is 19.7 Å². The van der Waals surface area contributed by atoms with E-state index >= 15 is 0 Å². The Labute approximate surface area is 184 Å². The summed E-state index contributed by atoms with van der Waals surface area (Å²) in [6.45, 7) is 4.38. The van der Waals surface area contributed by atoms with Crippen LogP contribution in [0.1, 0.15) is 42.5 Å². The average molecular weight is 453 g/mol. The van der Waals surface area contributed by atoms with Crippen LogP contribution in [-0.4, -0.2) is 84.2 Å². The summed E-state index contributed by atoms with van der Waals surface area (Å²) in [4.78, 5) is 27.3. The molecule has 0 bridgehead atoms. The quantitative estimate of drug-likeness (QED) is 0.557. The lowest BCUT2D eigenvalue weighted by atomic mass is 9.74. The summed E-state index contributed by atoms with van der Waals surface area (Å²) in [5.74, 6) is 0.691. The van der Waals surface area contributed by atoms with Gasteiger partial charge in [-0.05, 0) is 19.8 Å². The Bertz CT molecular complexity index is 867. The number of hydrogen-bond acceptors (Lipinski definition) is 9. The van der Waals surface area contributed by atoms with Crippen molar-refractivity contribution < 1.29 is 24.5 Å². The van der Waals surface area contributed by atoms with Crippen LogP contribution in [0.15, 0.2) is 17.2 Å². The minimum Gasteiger partial charge on any atom is -0.483 e. The van der Waals surface area contributed by atoms with Gasteiger partial charge in [-0.2, -0.15) is 0 Å². The number of rotatable bonds is 4. The molecular weight excluding hydrogens is 424 g/mol. The van der Waals surface area contributed by atoms with Gasteiger partial charge in [-0.15, -0.1) is 21.5 Å². The van der Waals surface area contributed by atoms with Gasteiger partial charge in [0.25, 0.3) is 12.4 Å². The minimum atomic E-state index is -0.752. The highest BCUT2D eigenvalue weighted by atomic mass is 32.1. The normalized spacial score (nSPS) is 25.5. The number of aromatic nitrogens is 4. The fraction of sp³-hybridized carbons (Fsp3) is 0.632. The van der Waals surface area contributed by atoms with Gasteiger partial charge < -0.3 is 24.8 Å². The number of aryl methyl sites for hydroxylation is 1. The Balaban J connectivity index is 0.000000858. The second kappa shape index (κ2) is 9.81. The number of thiazole rings is 1. The molecule has 31 heavy (non-hydrogen) atoms. The number of nitrogens with one attached hydrogen (secondary N) is 1. The second-order valence-corrected chi connectivity index (χ2v) is 8.89. The van der Waals surface area contributed by atoms with Crippen molar-refractivity contribution in [2.24, 2.45) is 7.05 Å². The molecule has 3 N–H and O–H groups in total. The number of ether oxygens (including phenoxy) is 1. The van der Waals surface area contributed by atoms with Crippen molar-refractivity contribution in [3.8, 4) is 0 Å². The molecule has 0 unspecified atom stereocenters. The van der Waals surface area contributed by atoms with Gasteiger partial charge >= 0.3 is 0 Å². The number of carboxylic acid groups (broad SMARTS) is 1. The lowest BCUT2D eigenvalue weighted by Gasteiger charge is -2.51. The van der Waals surface area contributed by atoms with Gasteiger partial charge in [0.15, 0.2) is 0 Å². The lowest BCUT2D eigenvalue weighted by molar-refractivity contribution is -0.177. The van der Waals surface area contributed by atoms with Gasteiger partial charge in [0, 0.05) is 31.9 Å². The van der Waals surface area contributed by atoms with Gasteiger partial charge in [-0.25, -0.2) is 4.98 Å². The number of nitrogens with zero attached hydrogens (tertiary/aromatic N) is 5. The Hall–Kier alpha value is -2.41. The lowest BCUT2D eigenvalue weighted by Crippen LogP contribution is -2.65. The van der Waals surface area contributed by atoms with E-state index in [9.17, 15) is 9.90 Å². The first kappa shape index (κ1) is 23.3. The monoisotopic (exact) mass is 452 g/mol. The molecule has 2 atom stereocenters. The third-order valence-electron chi connectivity index (χ3n) is 5.97. The summed E-state index contributed by atoms with van der Waals surface area (Å²) in [7, 11) is 1.95. The molecule has 2 aromatic rings. The zero-order valence-electron chi connectivity index (χ0n) is 17.6. The van der Waals surface area contributed by atoms with Crippen LogP contribution in [-0.2, 0) is 23.1 Å². The van der Waals surface area contributed by atoms with E-state index in [0.29, 0.717) is 12.1 Å². The maximum atomic E-state index is 12.5. The van der Waals surface area contributed by atoms with Crippen molar-refractivity contribution in [3.63, 3.8) is 0 Å². The first-order valence-electron chi connectivity index (χ1n) is 9.97. The first-order chi connectivity index (χ1) is 14.8. The molecule has 2 aliphatic heterocycles. The summed E-state index contributed by atoms with van der Waals surface area (Å²) >= 11 is 1.38. The molecule has 11 nitrogen and oxygen atoms in total. The zero-order chi connectivity index (χ0) is 22.5. The van der Waals surface area contributed by atoms with Crippen molar-refractivity contribution in [1.82, 2.24) is 30.0 Å². The summed E-state index contributed by atoms with van der Waals surface area (Å²) in [5.41, 5.74) is 0.939. The molecule has 2 fully saturated rings.